The number of nitrogens with zero attached hydrogens (tertiary/aromatic N) is 1. The number of hydrogen-bond donors (Lipinski definition) is 2. The number of nitrogens with one attached hydrogen (secondary N) is 1. The normalized spacial score (nSPS) is 30.6. The molecule has 0 radical (unpaired) electrons. The third-order valence-corrected chi connectivity index (χ3v) is 6.45. The Labute approximate surface area is 155 Å². The van der Waals surface area contributed by atoms with Crippen LogP contribution >= 0.6 is 0 Å². The van der Waals surface area contributed by atoms with Crippen LogP contribution in [-0.2, 0) is 11.3 Å². The molecule has 142 valence electrons. The zero-order valence-electron chi connectivity index (χ0n) is 15.6. The number of rotatable bonds is 6. The zero-order valence-corrected chi connectivity index (χ0v) is 15.6. The van der Waals surface area contributed by atoms with Gasteiger partial charge in [0.2, 0.25) is 0 Å². The highest BCUT2D eigenvalue weighted by Gasteiger charge is 2.45. The van der Waals surface area contributed by atoms with Crippen LogP contribution in [0, 0.1) is 5.92 Å². The molecule has 0 amide bonds. The quantitative estimate of drug-likeness (QED) is 0.819. The van der Waals surface area contributed by atoms with Crippen molar-refractivity contribution in [3.8, 4) is 0 Å². The SMILES string of the molecule is CC[C@@H]1C[C@H]1NC1COC2(CCN(Cc3cccc(C(=O)O)c3)CC2)C1. The third kappa shape index (κ3) is 3.95. The molecular weight excluding hydrogens is 328 g/mol. The Morgan fingerprint density at radius 1 is 1.38 bits per heavy atom. The molecule has 2 saturated heterocycles. The highest BCUT2D eigenvalue weighted by molar-refractivity contribution is 5.87. The molecule has 1 aliphatic carbocycles. The van der Waals surface area contributed by atoms with Crippen LogP contribution in [0.2, 0.25) is 0 Å². The second-order valence-electron chi connectivity index (χ2n) is 8.35. The Morgan fingerprint density at radius 2 is 2.19 bits per heavy atom. The Kier molecular flexibility index (Phi) is 5.04. The summed E-state index contributed by atoms with van der Waals surface area (Å²) >= 11 is 0. The molecule has 1 aromatic carbocycles. The van der Waals surface area contributed by atoms with Crippen LogP contribution in [0.15, 0.2) is 24.3 Å². The number of piperidine rings is 1. The van der Waals surface area contributed by atoms with Gasteiger partial charge in [-0.05, 0) is 49.3 Å². The molecule has 2 N–H and O–H groups in total. The van der Waals surface area contributed by atoms with Crippen LogP contribution in [0.1, 0.15) is 54.9 Å². The number of benzene rings is 1. The van der Waals surface area contributed by atoms with Crippen LogP contribution in [0.25, 0.3) is 0 Å². The van der Waals surface area contributed by atoms with Gasteiger partial charge in [0.15, 0.2) is 0 Å². The minimum absolute atomic E-state index is 0.0632. The summed E-state index contributed by atoms with van der Waals surface area (Å²) < 4.78 is 6.27. The summed E-state index contributed by atoms with van der Waals surface area (Å²) in [6, 6.07) is 8.54. The van der Waals surface area contributed by atoms with E-state index in [-0.39, 0.29) is 5.60 Å². The Hall–Kier alpha value is -1.43. The average Bonchev–Trinajstić information content (AvgIpc) is 3.29. The van der Waals surface area contributed by atoms with Gasteiger partial charge in [-0.25, -0.2) is 4.79 Å². The molecule has 3 fully saturated rings. The summed E-state index contributed by atoms with van der Waals surface area (Å²) in [5.74, 6) is 0.0262. The van der Waals surface area contributed by atoms with E-state index in [0.29, 0.717) is 11.6 Å². The molecule has 0 bridgehead atoms. The van der Waals surface area contributed by atoms with Gasteiger partial charge in [0, 0.05) is 31.7 Å². The fourth-order valence-corrected chi connectivity index (χ4v) is 4.69. The highest BCUT2D eigenvalue weighted by atomic mass is 16.5. The molecule has 1 spiro atoms. The number of carboxylic acid groups (broad SMARTS) is 1. The summed E-state index contributed by atoms with van der Waals surface area (Å²) in [6.07, 6.45) is 5.91. The summed E-state index contributed by atoms with van der Waals surface area (Å²) in [7, 11) is 0. The van der Waals surface area contributed by atoms with Crippen molar-refractivity contribution in [2.75, 3.05) is 19.7 Å². The number of likely N-dealkylation sites (tertiary alicyclic amines) is 1. The van der Waals surface area contributed by atoms with Gasteiger partial charge in [-0.1, -0.05) is 25.5 Å². The fourth-order valence-electron chi connectivity index (χ4n) is 4.69. The van der Waals surface area contributed by atoms with Crippen molar-refractivity contribution < 1.29 is 14.6 Å². The molecule has 1 saturated carbocycles. The maximum atomic E-state index is 11.1. The predicted molar refractivity (Wildman–Crippen MR) is 100 cm³/mol. The molecule has 1 unspecified atom stereocenters. The van der Waals surface area contributed by atoms with Gasteiger partial charge in [0.05, 0.1) is 17.8 Å². The average molecular weight is 358 g/mol. The van der Waals surface area contributed by atoms with Gasteiger partial charge in [-0.3, -0.25) is 4.90 Å². The summed E-state index contributed by atoms with van der Waals surface area (Å²) in [4.78, 5) is 13.6. The topological polar surface area (TPSA) is 61.8 Å². The molecular formula is C21H30N2O3. The summed E-state index contributed by atoms with van der Waals surface area (Å²) in [5, 5.41) is 12.9. The Morgan fingerprint density at radius 3 is 2.88 bits per heavy atom. The number of aromatic carboxylic acids is 1. The molecule has 5 heteroatoms. The van der Waals surface area contributed by atoms with Crippen molar-refractivity contribution in [1.82, 2.24) is 10.2 Å². The van der Waals surface area contributed by atoms with Crippen molar-refractivity contribution in [2.24, 2.45) is 5.92 Å². The predicted octanol–water partition coefficient (Wildman–Crippen LogP) is 2.90. The molecule has 0 aromatic heterocycles. The van der Waals surface area contributed by atoms with Crippen molar-refractivity contribution in [3.05, 3.63) is 35.4 Å². The Balaban J connectivity index is 1.26. The molecule has 4 rings (SSSR count). The first-order valence-corrected chi connectivity index (χ1v) is 10.0. The molecule has 26 heavy (non-hydrogen) atoms. The fraction of sp³-hybridized carbons (Fsp3) is 0.667. The van der Waals surface area contributed by atoms with Crippen LogP contribution in [0.3, 0.4) is 0 Å². The first-order valence-electron chi connectivity index (χ1n) is 10.0. The standard InChI is InChI=1S/C21H30N2O3/c1-2-16-11-19(16)22-18-12-21(26-14-18)6-8-23(9-7-21)13-15-4-3-5-17(10-15)20(24)25/h3-5,10,16,18-19,22H,2,6-9,11-14H2,1H3,(H,24,25)/t16-,18?,19-/m1/s1. The minimum atomic E-state index is -0.858. The van der Waals surface area contributed by atoms with E-state index in [0.717, 1.165) is 63.0 Å². The lowest BCUT2D eigenvalue weighted by molar-refractivity contribution is -0.0449. The lowest BCUT2D eigenvalue weighted by atomic mass is 9.87. The Bertz CT molecular complexity index is 654. The number of hydrogen-bond acceptors (Lipinski definition) is 4. The molecule has 2 heterocycles. The number of ether oxygens (including phenoxy) is 1. The number of carboxylic acids is 1. The van der Waals surface area contributed by atoms with Crippen LogP contribution in [0.4, 0.5) is 0 Å². The van der Waals surface area contributed by atoms with E-state index in [1.54, 1.807) is 12.1 Å². The van der Waals surface area contributed by atoms with Crippen LogP contribution in [-0.4, -0.2) is 53.4 Å². The van der Waals surface area contributed by atoms with Gasteiger partial charge in [-0.15, -0.1) is 0 Å². The van der Waals surface area contributed by atoms with Gasteiger partial charge < -0.3 is 15.2 Å². The van der Waals surface area contributed by atoms with E-state index >= 15 is 0 Å². The largest absolute Gasteiger partial charge is 0.478 e. The van der Waals surface area contributed by atoms with Gasteiger partial charge in [-0.2, -0.15) is 0 Å². The van der Waals surface area contributed by atoms with E-state index < -0.39 is 5.97 Å². The molecule has 3 aliphatic rings. The second kappa shape index (κ2) is 7.29. The van der Waals surface area contributed by atoms with Crippen molar-refractivity contribution in [3.63, 3.8) is 0 Å². The summed E-state index contributed by atoms with van der Waals surface area (Å²) in [6.45, 7) is 5.99. The molecule has 3 atom stereocenters. The lowest BCUT2D eigenvalue weighted by Gasteiger charge is -2.38. The maximum absolute atomic E-state index is 11.1. The van der Waals surface area contributed by atoms with Crippen molar-refractivity contribution in [1.29, 1.82) is 0 Å². The van der Waals surface area contributed by atoms with E-state index in [2.05, 4.69) is 17.1 Å². The van der Waals surface area contributed by atoms with E-state index in [1.165, 1.54) is 12.8 Å². The first kappa shape index (κ1) is 18.0. The molecule has 2 aliphatic heterocycles. The molecule has 5 nitrogen and oxygen atoms in total. The smallest absolute Gasteiger partial charge is 0.335 e. The first-order chi connectivity index (χ1) is 12.6. The van der Waals surface area contributed by atoms with Gasteiger partial charge in [0.1, 0.15) is 0 Å². The zero-order chi connectivity index (χ0) is 18.1. The monoisotopic (exact) mass is 358 g/mol. The van der Waals surface area contributed by atoms with E-state index in [9.17, 15) is 4.79 Å². The van der Waals surface area contributed by atoms with Crippen LogP contribution in [0.5, 0.6) is 0 Å². The second-order valence-corrected chi connectivity index (χ2v) is 8.35. The van der Waals surface area contributed by atoms with Crippen molar-refractivity contribution >= 4 is 5.97 Å². The minimum Gasteiger partial charge on any atom is -0.478 e. The summed E-state index contributed by atoms with van der Waals surface area (Å²) in [5.41, 5.74) is 1.51. The van der Waals surface area contributed by atoms with E-state index in [1.807, 2.05) is 12.1 Å². The van der Waals surface area contributed by atoms with Crippen LogP contribution < -0.4 is 5.32 Å². The molecule has 1 aromatic rings. The number of carbonyl (C=O) groups is 1. The van der Waals surface area contributed by atoms with E-state index in [4.69, 9.17) is 9.84 Å². The van der Waals surface area contributed by atoms with Gasteiger partial charge in [0.25, 0.3) is 0 Å². The van der Waals surface area contributed by atoms with Gasteiger partial charge >= 0.3 is 5.97 Å². The maximum Gasteiger partial charge on any atom is 0.335 e. The highest BCUT2D eigenvalue weighted by Crippen LogP contribution is 2.39. The van der Waals surface area contributed by atoms with Crippen molar-refractivity contribution in [2.45, 2.75) is 63.3 Å². The third-order valence-electron chi connectivity index (χ3n) is 6.45. The lowest BCUT2D eigenvalue weighted by Crippen LogP contribution is -2.44.